The van der Waals surface area contributed by atoms with E-state index in [1.165, 1.54) is 19.3 Å². The Kier molecular flexibility index (Phi) is 6.27. The first-order valence-corrected chi connectivity index (χ1v) is 7.58. The summed E-state index contributed by atoms with van der Waals surface area (Å²) in [6.07, 6.45) is 6.31. The van der Waals surface area contributed by atoms with E-state index in [1.807, 2.05) is 20.8 Å². The predicted molar refractivity (Wildman–Crippen MR) is 77.9 cm³/mol. The van der Waals surface area contributed by atoms with Crippen molar-refractivity contribution in [1.29, 1.82) is 0 Å². The first-order chi connectivity index (χ1) is 8.89. The third-order valence-electron chi connectivity index (χ3n) is 4.10. The molecule has 0 aromatic rings. The molecule has 19 heavy (non-hydrogen) atoms. The standard InChI is InChI=1S/C15H30N2O2/c1-5-12-8-6-7-9-13(12)19-10-15(4,14(16)18)17-11(2)3/h11-13,17H,5-10H2,1-4H3,(H2,16,18). The van der Waals surface area contributed by atoms with Crippen molar-refractivity contribution in [3.05, 3.63) is 0 Å². The third kappa shape index (κ3) is 4.77. The first-order valence-electron chi connectivity index (χ1n) is 7.58. The molecule has 4 nitrogen and oxygen atoms in total. The van der Waals surface area contributed by atoms with Gasteiger partial charge in [0.15, 0.2) is 0 Å². The summed E-state index contributed by atoms with van der Waals surface area (Å²) in [5.41, 5.74) is 4.75. The zero-order valence-corrected chi connectivity index (χ0v) is 12.9. The number of hydrogen-bond acceptors (Lipinski definition) is 3. The Hall–Kier alpha value is -0.610. The van der Waals surface area contributed by atoms with Crippen molar-refractivity contribution in [3.63, 3.8) is 0 Å². The van der Waals surface area contributed by atoms with Crippen molar-refractivity contribution in [1.82, 2.24) is 5.32 Å². The molecule has 0 spiro atoms. The Balaban J connectivity index is 2.57. The molecule has 0 heterocycles. The Morgan fingerprint density at radius 3 is 2.58 bits per heavy atom. The van der Waals surface area contributed by atoms with Crippen molar-refractivity contribution in [2.24, 2.45) is 11.7 Å². The molecular formula is C15H30N2O2. The monoisotopic (exact) mass is 270 g/mol. The van der Waals surface area contributed by atoms with Crippen LogP contribution in [0.1, 0.15) is 59.8 Å². The molecule has 1 amide bonds. The summed E-state index contributed by atoms with van der Waals surface area (Å²) >= 11 is 0. The maximum absolute atomic E-state index is 11.7. The van der Waals surface area contributed by atoms with Gasteiger partial charge in [-0.3, -0.25) is 10.1 Å². The summed E-state index contributed by atoms with van der Waals surface area (Å²) in [5.74, 6) is 0.287. The van der Waals surface area contributed by atoms with E-state index in [4.69, 9.17) is 10.5 Å². The minimum atomic E-state index is -0.774. The number of nitrogens with one attached hydrogen (secondary N) is 1. The van der Waals surface area contributed by atoms with Crippen molar-refractivity contribution in [2.75, 3.05) is 6.61 Å². The minimum Gasteiger partial charge on any atom is -0.375 e. The normalized spacial score (nSPS) is 27.2. The second-order valence-electron chi connectivity index (χ2n) is 6.30. The average molecular weight is 270 g/mol. The molecule has 1 aliphatic carbocycles. The maximum atomic E-state index is 11.7. The lowest BCUT2D eigenvalue weighted by Crippen LogP contribution is -2.59. The van der Waals surface area contributed by atoms with Gasteiger partial charge in [0.2, 0.25) is 5.91 Å². The van der Waals surface area contributed by atoms with E-state index in [-0.39, 0.29) is 18.1 Å². The Morgan fingerprint density at radius 2 is 2.05 bits per heavy atom. The van der Waals surface area contributed by atoms with Crippen molar-refractivity contribution in [3.8, 4) is 0 Å². The van der Waals surface area contributed by atoms with Crippen molar-refractivity contribution >= 4 is 5.91 Å². The zero-order chi connectivity index (χ0) is 14.5. The summed E-state index contributed by atoms with van der Waals surface area (Å²) < 4.78 is 6.05. The highest BCUT2D eigenvalue weighted by atomic mass is 16.5. The molecule has 112 valence electrons. The Bertz CT molecular complexity index is 294. The van der Waals surface area contributed by atoms with Gasteiger partial charge >= 0.3 is 0 Å². The van der Waals surface area contributed by atoms with Crippen LogP contribution in [0.4, 0.5) is 0 Å². The number of nitrogens with two attached hydrogens (primary N) is 1. The summed E-state index contributed by atoms with van der Waals surface area (Å²) in [5, 5.41) is 3.23. The first kappa shape index (κ1) is 16.4. The summed E-state index contributed by atoms with van der Waals surface area (Å²) in [4.78, 5) is 11.7. The SMILES string of the molecule is CCC1CCCCC1OCC(C)(NC(C)C)C(N)=O. The van der Waals surface area contributed by atoms with Gasteiger partial charge in [-0.1, -0.05) is 26.2 Å². The molecule has 3 N–H and O–H groups in total. The van der Waals surface area contributed by atoms with Gasteiger partial charge in [0, 0.05) is 6.04 Å². The molecule has 3 atom stereocenters. The van der Waals surface area contributed by atoms with Gasteiger partial charge in [-0.15, -0.1) is 0 Å². The fourth-order valence-corrected chi connectivity index (χ4v) is 2.95. The van der Waals surface area contributed by atoms with Crippen LogP contribution in [0.5, 0.6) is 0 Å². The molecule has 0 saturated heterocycles. The minimum absolute atomic E-state index is 0.203. The van der Waals surface area contributed by atoms with Gasteiger partial charge in [-0.2, -0.15) is 0 Å². The fourth-order valence-electron chi connectivity index (χ4n) is 2.95. The van der Waals surface area contributed by atoms with Gasteiger partial charge in [-0.25, -0.2) is 0 Å². The van der Waals surface area contributed by atoms with Crippen LogP contribution in [0.3, 0.4) is 0 Å². The molecular weight excluding hydrogens is 240 g/mol. The predicted octanol–water partition coefficient (Wildman–Crippen LogP) is 2.21. The van der Waals surface area contributed by atoms with Crippen LogP contribution >= 0.6 is 0 Å². The van der Waals surface area contributed by atoms with Crippen LogP contribution in [-0.4, -0.2) is 30.2 Å². The number of ether oxygens (including phenoxy) is 1. The highest BCUT2D eigenvalue weighted by Gasteiger charge is 2.34. The molecule has 3 unspecified atom stereocenters. The molecule has 1 rings (SSSR count). The van der Waals surface area contributed by atoms with Crippen LogP contribution in [-0.2, 0) is 9.53 Å². The van der Waals surface area contributed by atoms with Gasteiger partial charge in [0.25, 0.3) is 0 Å². The largest absolute Gasteiger partial charge is 0.375 e. The van der Waals surface area contributed by atoms with Crippen LogP contribution in [0.2, 0.25) is 0 Å². The molecule has 0 aromatic heterocycles. The Morgan fingerprint density at radius 1 is 1.42 bits per heavy atom. The molecule has 1 fully saturated rings. The molecule has 1 aliphatic rings. The fraction of sp³-hybridized carbons (Fsp3) is 0.933. The number of hydrogen-bond donors (Lipinski definition) is 2. The van der Waals surface area contributed by atoms with Gasteiger partial charge < -0.3 is 10.5 Å². The Labute approximate surface area is 117 Å². The number of amides is 1. The summed E-state index contributed by atoms with van der Waals surface area (Å²) in [7, 11) is 0. The van der Waals surface area contributed by atoms with E-state index in [2.05, 4.69) is 12.2 Å². The summed E-state index contributed by atoms with van der Waals surface area (Å²) in [6, 6.07) is 0.203. The van der Waals surface area contributed by atoms with Crippen molar-refractivity contribution < 1.29 is 9.53 Å². The van der Waals surface area contributed by atoms with Crippen LogP contribution in [0.25, 0.3) is 0 Å². The van der Waals surface area contributed by atoms with Gasteiger partial charge in [0.05, 0.1) is 12.7 Å². The second-order valence-corrected chi connectivity index (χ2v) is 6.30. The molecule has 0 radical (unpaired) electrons. The van der Waals surface area contributed by atoms with Crippen molar-refractivity contribution in [2.45, 2.75) is 77.5 Å². The van der Waals surface area contributed by atoms with Gasteiger partial charge in [0.1, 0.15) is 5.54 Å². The quantitative estimate of drug-likeness (QED) is 0.745. The van der Waals surface area contributed by atoms with Crippen LogP contribution < -0.4 is 11.1 Å². The van der Waals surface area contributed by atoms with Crippen LogP contribution in [0, 0.1) is 5.92 Å². The highest BCUT2D eigenvalue weighted by molar-refractivity contribution is 5.84. The molecule has 1 saturated carbocycles. The maximum Gasteiger partial charge on any atom is 0.239 e. The highest BCUT2D eigenvalue weighted by Crippen LogP contribution is 2.29. The summed E-state index contributed by atoms with van der Waals surface area (Å²) in [6.45, 7) is 8.43. The van der Waals surface area contributed by atoms with E-state index in [9.17, 15) is 4.79 Å². The zero-order valence-electron chi connectivity index (χ0n) is 12.9. The molecule has 0 aromatic carbocycles. The van der Waals surface area contributed by atoms with Crippen LogP contribution in [0.15, 0.2) is 0 Å². The van der Waals surface area contributed by atoms with Gasteiger partial charge in [-0.05, 0) is 39.5 Å². The second kappa shape index (κ2) is 7.25. The third-order valence-corrected chi connectivity index (χ3v) is 4.10. The van der Waals surface area contributed by atoms with E-state index in [1.54, 1.807) is 0 Å². The lowest BCUT2D eigenvalue weighted by molar-refractivity contribution is -0.129. The lowest BCUT2D eigenvalue weighted by atomic mass is 9.84. The number of primary amides is 1. The van der Waals surface area contributed by atoms with E-state index in [0.717, 1.165) is 12.8 Å². The number of carbonyl (C=O) groups is 1. The van der Waals surface area contributed by atoms with E-state index in [0.29, 0.717) is 12.5 Å². The smallest absolute Gasteiger partial charge is 0.239 e. The molecule has 0 bridgehead atoms. The molecule has 0 aliphatic heterocycles. The topological polar surface area (TPSA) is 64.3 Å². The number of carbonyl (C=O) groups excluding carboxylic acids is 1. The van der Waals surface area contributed by atoms with E-state index < -0.39 is 5.54 Å². The lowest BCUT2D eigenvalue weighted by Gasteiger charge is -2.35. The van der Waals surface area contributed by atoms with E-state index >= 15 is 0 Å². The molecule has 4 heteroatoms. The average Bonchev–Trinajstić information content (AvgIpc) is 2.35. The number of rotatable bonds is 7.